The molecule has 1 aromatic rings. The van der Waals surface area contributed by atoms with Crippen LogP contribution in [0.1, 0.15) is 20.7 Å². The minimum atomic E-state index is -0.525. The van der Waals surface area contributed by atoms with Crippen molar-refractivity contribution in [3.05, 3.63) is 35.4 Å². The molecule has 13 heavy (non-hydrogen) atoms. The number of nitrogens with zero attached hydrogens (tertiary/aromatic N) is 1. The molecule has 1 aliphatic heterocycles. The van der Waals surface area contributed by atoms with Crippen LogP contribution in [0, 0.1) is 0 Å². The summed E-state index contributed by atoms with van der Waals surface area (Å²) in [5, 5.41) is 0.532. The molecule has 0 bridgehead atoms. The Kier molecular flexibility index (Phi) is 1.61. The fraction of sp³-hybridized carbons (Fsp3) is 0. The van der Waals surface area contributed by atoms with Crippen LogP contribution in [0.25, 0.3) is 0 Å². The summed E-state index contributed by atoms with van der Waals surface area (Å²) in [4.78, 5) is 26.8. The zero-order chi connectivity index (χ0) is 9.42. The topological polar surface area (TPSA) is 72.6 Å². The van der Waals surface area contributed by atoms with Crippen LogP contribution < -0.4 is 5.90 Å². The Morgan fingerprint density at radius 3 is 1.92 bits per heavy atom. The van der Waals surface area contributed by atoms with Crippen LogP contribution in [0.15, 0.2) is 24.3 Å². The lowest BCUT2D eigenvalue weighted by Gasteiger charge is -2.06. The van der Waals surface area contributed by atoms with E-state index in [1.165, 1.54) is 0 Å². The van der Waals surface area contributed by atoms with E-state index in [9.17, 15) is 9.59 Å². The maximum Gasteiger partial charge on any atom is 0.287 e. The molecule has 0 fully saturated rings. The molecule has 1 aliphatic rings. The maximum atomic E-state index is 11.3. The van der Waals surface area contributed by atoms with Crippen molar-refractivity contribution < 1.29 is 14.5 Å². The van der Waals surface area contributed by atoms with Gasteiger partial charge in [0, 0.05) is 0 Å². The number of carbonyl (C=O) groups is 2. The largest absolute Gasteiger partial charge is 0.287 e. The summed E-state index contributed by atoms with van der Waals surface area (Å²) >= 11 is 0. The fourth-order valence-electron chi connectivity index (χ4n) is 1.26. The van der Waals surface area contributed by atoms with Gasteiger partial charge in [-0.3, -0.25) is 9.59 Å². The molecule has 2 amide bonds. The van der Waals surface area contributed by atoms with E-state index in [0.717, 1.165) is 0 Å². The van der Waals surface area contributed by atoms with Crippen molar-refractivity contribution in [3.8, 4) is 0 Å². The lowest BCUT2D eigenvalue weighted by atomic mass is 10.1. The summed E-state index contributed by atoms with van der Waals surface area (Å²) in [7, 11) is 0. The first-order valence-corrected chi connectivity index (χ1v) is 3.60. The van der Waals surface area contributed by atoms with Crippen LogP contribution in [0.4, 0.5) is 0 Å². The minimum absolute atomic E-state index is 0.318. The highest BCUT2D eigenvalue weighted by Gasteiger charge is 2.36. The van der Waals surface area contributed by atoms with Gasteiger partial charge in [0.05, 0.1) is 11.1 Å². The third-order valence-corrected chi connectivity index (χ3v) is 1.86. The number of rotatable bonds is 1. The first-order valence-electron chi connectivity index (χ1n) is 3.60. The first-order chi connectivity index (χ1) is 6.25. The van der Waals surface area contributed by atoms with Crippen LogP contribution in [-0.2, 0) is 4.94 Å². The number of nitrogens with two attached hydrogens (primary N) is 1. The van der Waals surface area contributed by atoms with E-state index in [1.54, 1.807) is 24.3 Å². The van der Waals surface area contributed by atoms with Gasteiger partial charge in [-0.1, -0.05) is 12.1 Å². The Morgan fingerprint density at radius 2 is 1.54 bits per heavy atom. The van der Waals surface area contributed by atoms with Crippen molar-refractivity contribution in [2.45, 2.75) is 0 Å². The van der Waals surface area contributed by atoms with Gasteiger partial charge in [0.1, 0.15) is 0 Å². The highest BCUT2D eigenvalue weighted by Crippen LogP contribution is 2.21. The van der Waals surface area contributed by atoms with Gasteiger partial charge in [0.25, 0.3) is 11.8 Å². The maximum absolute atomic E-state index is 11.3. The Labute approximate surface area is 73.6 Å². The van der Waals surface area contributed by atoms with E-state index in [0.29, 0.717) is 16.2 Å². The molecule has 0 aromatic heterocycles. The van der Waals surface area contributed by atoms with E-state index in [4.69, 9.17) is 5.90 Å². The molecule has 66 valence electrons. The SMILES string of the molecule is NON1C(=O)c2ccccc2C1=O. The van der Waals surface area contributed by atoms with Gasteiger partial charge < -0.3 is 0 Å². The second-order valence-corrected chi connectivity index (χ2v) is 2.56. The average Bonchev–Trinajstić information content (AvgIpc) is 2.41. The van der Waals surface area contributed by atoms with Crippen molar-refractivity contribution in [1.29, 1.82) is 0 Å². The smallest absolute Gasteiger partial charge is 0.266 e. The van der Waals surface area contributed by atoms with Gasteiger partial charge in [0.15, 0.2) is 0 Å². The third kappa shape index (κ3) is 0.947. The molecule has 1 aromatic carbocycles. The van der Waals surface area contributed by atoms with Crippen LogP contribution >= 0.6 is 0 Å². The molecule has 0 saturated heterocycles. The van der Waals surface area contributed by atoms with Gasteiger partial charge in [-0.25, -0.2) is 0 Å². The Morgan fingerprint density at radius 1 is 1.08 bits per heavy atom. The van der Waals surface area contributed by atoms with Crippen LogP contribution in [0.2, 0.25) is 0 Å². The van der Waals surface area contributed by atoms with Crippen molar-refractivity contribution in [2.75, 3.05) is 0 Å². The normalized spacial score (nSPS) is 15.0. The summed E-state index contributed by atoms with van der Waals surface area (Å²) in [6, 6.07) is 6.44. The van der Waals surface area contributed by atoms with Crippen molar-refractivity contribution in [2.24, 2.45) is 5.90 Å². The first kappa shape index (κ1) is 7.90. The number of imide groups is 1. The Balaban J connectivity index is 2.57. The standard InChI is InChI=1S/C8H6N2O3/c9-13-10-7(11)5-3-1-2-4-6(5)8(10)12/h1-4H,9H2. The number of carbonyl (C=O) groups excluding carboxylic acids is 2. The van der Waals surface area contributed by atoms with Crippen molar-refractivity contribution in [3.63, 3.8) is 0 Å². The summed E-state index contributed by atoms with van der Waals surface area (Å²) in [5.74, 6) is 3.73. The van der Waals surface area contributed by atoms with Gasteiger partial charge in [-0.05, 0) is 12.1 Å². The predicted octanol–water partition coefficient (Wildman–Crippen LogP) is 0.0879. The molecule has 0 radical (unpaired) electrons. The molecule has 0 unspecified atom stereocenters. The van der Waals surface area contributed by atoms with E-state index >= 15 is 0 Å². The number of hydrogen-bond donors (Lipinski definition) is 1. The molecule has 5 heteroatoms. The van der Waals surface area contributed by atoms with Gasteiger partial charge in [-0.2, -0.15) is 10.8 Å². The molecular formula is C8H6N2O3. The number of amides is 2. The quantitative estimate of drug-likeness (QED) is 0.488. The average molecular weight is 178 g/mol. The second-order valence-electron chi connectivity index (χ2n) is 2.56. The fourth-order valence-corrected chi connectivity index (χ4v) is 1.26. The van der Waals surface area contributed by atoms with Crippen molar-refractivity contribution in [1.82, 2.24) is 5.06 Å². The van der Waals surface area contributed by atoms with Gasteiger partial charge in [0.2, 0.25) is 0 Å². The summed E-state index contributed by atoms with van der Waals surface area (Å²) in [5.41, 5.74) is 0.635. The Hall–Kier alpha value is -1.72. The zero-order valence-electron chi connectivity index (χ0n) is 6.56. The second kappa shape index (κ2) is 2.65. The van der Waals surface area contributed by atoms with E-state index in [1.807, 2.05) is 0 Å². The predicted molar refractivity (Wildman–Crippen MR) is 42.2 cm³/mol. The molecule has 0 atom stereocenters. The molecule has 0 saturated carbocycles. The van der Waals surface area contributed by atoms with Gasteiger partial charge in [-0.15, -0.1) is 5.06 Å². The number of fused-ring (bicyclic) bond motifs is 1. The number of hydroxylamine groups is 2. The van der Waals surface area contributed by atoms with Crippen LogP contribution in [-0.4, -0.2) is 16.9 Å². The minimum Gasteiger partial charge on any atom is -0.266 e. The molecule has 0 spiro atoms. The Bertz CT molecular complexity index is 354. The van der Waals surface area contributed by atoms with Gasteiger partial charge >= 0.3 is 0 Å². The van der Waals surface area contributed by atoms with E-state index in [-0.39, 0.29) is 0 Å². The number of hydrogen-bond acceptors (Lipinski definition) is 4. The highest BCUT2D eigenvalue weighted by molar-refractivity contribution is 6.20. The molecular weight excluding hydrogens is 172 g/mol. The lowest BCUT2D eigenvalue weighted by Crippen LogP contribution is -2.32. The highest BCUT2D eigenvalue weighted by atomic mass is 16.8. The number of benzene rings is 1. The summed E-state index contributed by atoms with van der Waals surface area (Å²) < 4.78 is 0. The zero-order valence-corrected chi connectivity index (χ0v) is 6.56. The molecule has 5 nitrogen and oxygen atoms in total. The van der Waals surface area contributed by atoms with E-state index < -0.39 is 11.8 Å². The lowest BCUT2D eigenvalue weighted by molar-refractivity contribution is -0.0937. The van der Waals surface area contributed by atoms with Crippen molar-refractivity contribution >= 4 is 11.8 Å². The third-order valence-electron chi connectivity index (χ3n) is 1.86. The molecule has 1 heterocycles. The summed E-state index contributed by atoms with van der Waals surface area (Å²) in [6.45, 7) is 0. The monoisotopic (exact) mass is 178 g/mol. The van der Waals surface area contributed by atoms with Crippen LogP contribution in [0.3, 0.4) is 0 Å². The van der Waals surface area contributed by atoms with Crippen LogP contribution in [0.5, 0.6) is 0 Å². The van der Waals surface area contributed by atoms with E-state index in [2.05, 4.69) is 4.94 Å². The molecule has 0 aliphatic carbocycles. The summed E-state index contributed by atoms with van der Waals surface area (Å²) in [6.07, 6.45) is 0. The molecule has 2 rings (SSSR count). The molecule has 2 N–H and O–H groups in total.